The Morgan fingerprint density at radius 3 is 2.76 bits per heavy atom. The second-order valence-corrected chi connectivity index (χ2v) is 5.18. The average molecular weight is 298 g/mol. The van der Waals surface area contributed by atoms with Gasteiger partial charge in [-0.2, -0.15) is 0 Å². The third-order valence-corrected chi connectivity index (χ3v) is 3.68. The van der Waals surface area contributed by atoms with Crippen LogP contribution in [-0.4, -0.2) is 37.6 Å². The van der Waals surface area contributed by atoms with Gasteiger partial charge in [-0.1, -0.05) is 12.1 Å². The Labute approximate surface area is 110 Å². The summed E-state index contributed by atoms with van der Waals surface area (Å²) in [6.07, 6.45) is 0. The lowest BCUT2D eigenvalue weighted by molar-refractivity contribution is 0.194. The van der Waals surface area contributed by atoms with E-state index in [-0.39, 0.29) is 6.03 Å². The molecule has 1 heterocycles. The summed E-state index contributed by atoms with van der Waals surface area (Å²) in [6, 6.07) is 7.77. The largest absolute Gasteiger partial charge is 0.330 e. The second-order valence-electron chi connectivity index (χ2n) is 4.33. The van der Waals surface area contributed by atoms with Gasteiger partial charge in [-0.25, -0.2) is 4.79 Å². The quantitative estimate of drug-likeness (QED) is 0.906. The van der Waals surface area contributed by atoms with E-state index in [1.165, 1.54) is 0 Å². The van der Waals surface area contributed by atoms with Crippen molar-refractivity contribution in [2.75, 3.05) is 31.6 Å². The minimum Gasteiger partial charge on any atom is -0.330 e. The topological polar surface area (TPSA) is 49.6 Å². The molecule has 17 heavy (non-hydrogen) atoms. The van der Waals surface area contributed by atoms with Gasteiger partial charge in [0.1, 0.15) is 0 Å². The number of hydrogen-bond acceptors (Lipinski definition) is 2. The van der Waals surface area contributed by atoms with E-state index >= 15 is 0 Å². The first-order chi connectivity index (χ1) is 8.13. The minimum atomic E-state index is 0.0293. The summed E-state index contributed by atoms with van der Waals surface area (Å²) in [6.45, 7) is 2.01. The van der Waals surface area contributed by atoms with E-state index in [1.54, 1.807) is 9.80 Å². The molecule has 0 saturated carbocycles. The summed E-state index contributed by atoms with van der Waals surface area (Å²) >= 11 is 3.48. The van der Waals surface area contributed by atoms with Crippen molar-refractivity contribution in [3.05, 3.63) is 28.7 Å². The summed E-state index contributed by atoms with van der Waals surface area (Å²) in [5.41, 5.74) is 6.62. The Bertz CT molecular complexity index is 424. The number of para-hydroxylation sites is 1. The van der Waals surface area contributed by atoms with E-state index in [9.17, 15) is 4.79 Å². The molecule has 92 valence electrons. The van der Waals surface area contributed by atoms with Crippen molar-refractivity contribution >= 4 is 27.6 Å². The first-order valence-corrected chi connectivity index (χ1v) is 6.40. The molecule has 2 N–H and O–H groups in total. The van der Waals surface area contributed by atoms with Gasteiger partial charge < -0.3 is 10.6 Å². The summed E-state index contributed by atoms with van der Waals surface area (Å²) in [5, 5.41) is 0. The van der Waals surface area contributed by atoms with Crippen molar-refractivity contribution in [2.45, 2.75) is 0 Å². The van der Waals surface area contributed by atoms with Crippen LogP contribution in [-0.2, 0) is 0 Å². The zero-order chi connectivity index (χ0) is 12.4. The number of hydrogen-bond donors (Lipinski definition) is 1. The highest BCUT2D eigenvalue weighted by atomic mass is 79.9. The Morgan fingerprint density at radius 1 is 1.41 bits per heavy atom. The lowest BCUT2D eigenvalue weighted by Gasteiger charge is -2.38. The average Bonchev–Trinajstić information content (AvgIpc) is 2.33. The Hall–Kier alpha value is -1.07. The van der Waals surface area contributed by atoms with Crippen LogP contribution in [0.15, 0.2) is 28.7 Å². The summed E-state index contributed by atoms with van der Waals surface area (Å²) < 4.78 is 0.930. The number of nitrogens with zero attached hydrogens (tertiary/aromatic N) is 2. The van der Waals surface area contributed by atoms with Gasteiger partial charge >= 0.3 is 6.03 Å². The van der Waals surface area contributed by atoms with Crippen LogP contribution in [0.5, 0.6) is 0 Å². The molecule has 0 aliphatic carbocycles. The summed E-state index contributed by atoms with van der Waals surface area (Å²) in [4.78, 5) is 15.6. The Kier molecular flexibility index (Phi) is 3.69. The highest BCUT2D eigenvalue weighted by molar-refractivity contribution is 9.10. The lowest BCUT2D eigenvalue weighted by atomic mass is 10.1. The number of nitrogens with two attached hydrogens (primary N) is 1. The molecule has 0 aromatic heterocycles. The molecule has 0 spiro atoms. The van der Waals surface area contributed by atoms with Crippen molar-refractivity contribution in [2.24, 2.45) is 11.7 Å². The molecule has 0 radical (unpaired) electrons. The fraction of sp³-hybridized carbons (Fsp3) is 0.417. The summed E-state index contributed by atoms with van der Waals surface area (Å²) in [7, 11) is 1.81. The third-order valence-electron chi connectivity index (χ3n) is 3.01. The van der Waals surface area contributed by atoms with Crippen LogP contribution in [0, 0.1) is 5.92 Å². The Balaban J connectivity index is 2.30. The van der Waals surface area contributed by atoms with E-state index in [0.717, 1.165) is 16.7 Å². The van der Waals surface area contributed by atoms with Gasteiger partial charge in [0, 0.05) is 30.5 Å². The molecule has 1 unspecified atom stereocenters. The first kappa shape index (κ1) is 12.4. The number of rotatable bonds is 2. The van der Waals surface area contributed by atoms with Crippen molar-refractivity contribution in [1.29, 1.82) is 0 Å². The molecule has 1 fully saturated rings. The molecule has 2 rings (SSSR count). The van der Waals surface area contributed by atoms with Crippen LogP contribution in [0.3, 0.4) is 0 Å². The zero-order valence-electron chi connectivity index (χ0n) is 9.77. The number of carbonyl (C=O) groups is 1. The fourth-order valence-corrected chi connectivity index (χ4v) is 2.59. The monoisotopic (exact) mass is 297 g/mol. The number of carbonyl (C=O) groups excluding carboxylic acids is 1. The van der Waals surface area contributed by atoms with Crippen LogP contribution in [0.1, 0.15) is 0 Å². The molecule has 1 atom stereocenters. The van der Waals surface area contributed by atoms with Crippen molar-refractivity contribution in [3.63, 3.8) is 0 Å². The molecular weight excluding hydrogens is 282 g/mol. The maximum Gasteiger partial charge on any atom is 0.324 e. The molecular formula is C12H16BrN3O. The van der Waals surface area contributed by atoms with Crippen LogP contribution in [0.4, 0.5) is 10.5 Å². The number of benzene rings is 1. The maximum atomic E-state index is 12.1. The maximum absolute atomic E-state index is 12.1. The van der Waals surface area contributed by atoms with Crippen molar-refractivity contribution in [3.8, 4) is 0 Å². The highest BCUT2D eigenvalue weighted by Gasteiger charge is 2.30. The van der Waals surface area contributed by atoms with Crippen LogP contribution >= 0.6 is 15.9 Å². The van der Waals surface area contributed by atoms with E-state index in [1.807, 2.05) is 31.3 Å². The standard InChI is InChI=1S/C12H16BrN3O/c1-15-7-9(6-14)8-16(12(15)17)11-5-3-2-4-10(11)13/h2-5,9H,6-8,14H2,1H3. The van der Waals surface area contributed by atoms with E-state index in [2.05, 4.69) is 15.9 Å². The molecule has 2 amide bonds. The normalized spacial score (nSPS) is 20.9. The first-order valence-electron chi connectivity index (χ1n) is 5.60. The Morgan fingerprint density at radius 2 is 2.12 bits per heavy atom. The molecule has 1 aliphatic rings. The number of halogens is 1. The minimum absolute atomic E-state index is 0.0293. The van der Waals surface area contributed by atoms with Crippen molar-refractivity contribution in [1.82, 2.24) is 4.90 Å². The number of urea groups is 1. The molecule has 1 aromatic carbocycles. The molecule has 1 aliphatic heterocycles. The molecule has 1 aromatic rings. The lowest BCUT2D eigenvalue weighted by Crippen LogP contribution is -2.53. The van der Waals surface area contributed by atoms with Gasteiger partial charge in [0.15, 0.2) is 0 Å². The van der Waals surface area contributed by atoms with Crippen LogP contribution in [0.2, 0.25) is 0 Å². The van der Waals surface area contributed by atoms with Crippen LogP contribution < -0.4 is 10.6 Å². The SMILES string of the molecule is CN1CC(CN)CN(c2ccccc2Br)C1=O. The predicted molar refractivity (Wildman–Crippen MR) is 72.1 cm³/mol. The van der Waals surface area contributed by atoms with Gasteiger partial charge in [-0.15, -0.1) is 0 Å². The van der Waals surface area contributed by atoms with Gasteiger partial charge in [0.2, 0.25) is 0 Å². The molecule has 1 saturated heterocycles. The molecule has 4 nitrogen and oxygen atoms in total. The zero-order valence-corrected chi connectivity index (χ0v) is 11.4. The van der Waals surface area contributed by atoms with Gasteiger partial charge in [0.05, 0.1) is 5.69 Å². The highest BCUT2D eigenvalue weighted by Crippen LogP contribution is 2.29. The molecule has 0 bridgehead atoms. The van der Waals surface area contributed by atoms with Crippen molar-refractivity contribution < 1.29 is 4.79 Å². The summed E-state index contributed by atoms with van der Waals surface area (Å²) in [5.74, 6) is 0.324. The third kappa shape index (κ3) is 2.45. The van der Waals surface area contributed by atoms with Gasteiger partial charge in [-0.05, 0) is 34.6 Å². The number of anilines is 1. The number of amides is 2. The van der Waals surface area contributed by atoms with E-state index in [4.69, 9.17) is 5.73 Å². The predicted octanol–water partition coefficient (Wildman–Crippen LogP) is 1.90. The van der Waals surface area contributed by atoms with Crippen LogP contribution in [0.25, 0.3) is 0 Å². The van der Waals surface area contributed by atoms with Gasteiger partial charge in [0.25, 0.3) is 0 Å². The van der Waals surface area contributed by atoms with E-state index < -0.39 is 0 Å². The smallest absolute Gasteiger partial charge is 0.324 e. The van der Waals surface area contributed by atoms with Gasteiger partial charge in [-0.3, -0.25) is 4.90 Å². The van der Waals surface area contributed by atoms with E-state index in [0.29, 0.717) is 19.0 Å². The fourth-order valence-electron chi connectivity index (χ4n) is 2.09. The second kappa shape index (κ2) is 5.06. The molecule has 5 heteroatoms.